The van der Waals surface area contributed by atoms with Gasteiger partial charge in [-0.15, -0.1) is 0 Å². The summed E-state index contributed by atoms with van der Waals surface area (Å²) in [6, 6.07) is 18.1. The molecule has 3 rings (SSSR count). The molecule has 1 amide bonds. The third-order valence-electron chi connectivity index (χ3n) is 5.10. The first-order valence-electron chi connectivity index (χ1n) is 10.2. The molecule has 0 saturated heterocycles. The smallest absolute Gasteiger partial charge is 0.261 e. The van der Waals surface area contributed by atoms with Crippen molar-refractivity contribution < 1.29 is 22.3 Å². The lowest BCUT2D eigenvalue weighted by molar-refractivity contribution is 0.0941. The molecule has 3 aromatic carbocycles. The predicted molar refractivity (Wildman–Crippen MR) is 125 cm³/mol. The van der Waals surface area contributed by atoms with E-state index < -0.39 is 15.8 Å². The number of carbonyl (C=O) groups is 1. The predicted octanol–water partition coefficient (Wildman–Crippen LogP) is 3.67. The van der Waals surface area contributed by atoms with E-state index in [0.717, 1.165) is 23.4 Å². The number of benzene rings is 3. The Morgan fingerprint density at radius 2 is 1.64 bits per heavy atom. The fourth-order valence-corrected chi connectivity index (χ4v) is 4.38. The SMILES string of the molecule is COc1ccccc1C(CNC(=O)c1ccc(NS(=O)(=O)c2ccc(F)cc2)cc1)N(C)C. The third-order valence-corrected chi connectivity index (χ3v) is 6.50. The van der Waals surface area contributed by atoms with E-state index in [0.29, 0.717) is 12.1 Å². The number of hydrogen-bond donors (Lipinski definition) is 2. The molecule has 0 aliphatic rings. The highest BCUT2D eigenvalue weighted by Gasteiger charge is 2.20. The Labute approximate surface area is 193 Å². The minimum absolute atomic E-state index is 0.0585. The van der Waals surface area contributed by atoms with Gasteiger partial charge in [0.1, 0.15) is 11.6 Å². The summed E-state index contributed by atoms with van der Waals surface area (Å²) in [4.78, 5) is 14.6. The van der Waals surface area contributed by atoms with Crippen LogP contribution in [0.4, 0.5) is 10.1 Å². The van der Waals surface area contributed by atoms with Gasteiger partial charge in [-0.2, -0.15) is 0 Å². The van der Waals surface area contributed by atoms with Crippen LogP contribution in [-0.4, -0.2) is 47.0 Å². The van der Waals surface area contributed by atoms with Crippen molar-refractivity contribution in [3.8, 4) is 5.75 Å². The minimum Gasteiger partial charge on any atom is -0.496 e. The molecule has 0 aromatic heterocycles. The standard InChI is InChI=1S/C24H26FN3O4S/c1-28(2)22(21-6-4-5-7-23(21)32-3)16-26-24(29)17-8-12-19(13-9-17)27-33(30,31)20-14-10-18(25)11-15-20/h4-15,22,27H,16H2,1-3H3,(H,26,29). The molecular formula is C24H26FN3O4S. The summed E-state index contributed by atoms with van der Waals surface area (Å²) in [6.07, 6.45) is 0. The number of amides is 1. The molecule has 0 radical (unpaired) electrons. The van der Waals surface area contributed by atoms with Crippen LogP contribution in [0.1, 0.15) is 22.0 Å². The largest absolute Gasteiger partial charge is 0.496 e. The van der Waals surface area contributed by atoms with Crippen LogP contribution in [0.25, 0.3) is 0 Å². The van der Waals surface area contributed by atoms with Crippen molar-refractivity contribution in [1.82, 2.24) is 10.2 Å². The van der Waals surface area contributed by atoms with Crippen LogP contribution in [0.15, 0.2) is 77.7 Å². The maximum absolute atomic E-state index is 13.1. The summed E-state index contributed by atoms with van der Waals surface area (Å²) >= 11 is 0. The molecule has 0 spiro atoms. The van der Waals surface area contributed by atoms with Crippen molar-refractivity contribution in [2.75, 3.05) is 32.5 Å². The maximum atomic E-state index is 13.1. The van der Waals surface area contributed by atoms with Crippen molar-refractivity contribution in [1.29, 1.82) is 0 Å². The van der Waals surface area contributed by atoms with E-state index in [4.69, 9.17) is 4.74 Å². The number of hydrogen-bond acceptors (Lipinski definition) is 5. The molecule has 0 aliphatic carbocycles. The molecular weight excluding hydrogens is 445 g/mol. The van der Waals surface area contributed by atoms with Crippen LogP contribution in [0.5, 0.6) is 5.75 Å². The lowest BCUT2D eigenvalue weighted by atomic mass is 10.0. The summed E-state index contributed by atoms with van der Waals surface area (Å²) < 4.78 is 45.8. The van der Waals surface area contributed by atoms with Crippen LogP contribution in [-0.2, 0) is 10.0 Å². The second kappa shape index (κ2) is 10.5. The summed E-state index contributed by atoms with van der Waals surface area (Å²) in [6.45, 7) is 0.352. The van der Waals surface area contributed by atoms with Crippen molar-refractivity contribution in [3.05, 3.63) is 89.7 Å². The molecule has 33 heavy (non-hydrogen) atoms. The maximum Gasteiger partial charge on any atom is 0.261 e. The highest BCUT2D eigenvalue weighted by Crippen LogP contribution is 2.27. The van der Waals surface area contributed by atoms with Gasteiger partial charge in [-0.05, 0) is 68.7 Å². The number of methoxy groups -OCH3 is 1. The molecule has 3 aromatic rings. The van der Waals surface area contributed by atoms with E-state index in [-0.39, 0.29) is 22.5 Å². The van der Waals surface area contributed by atoms with Crippen molar-refractivity contribution >= 4 is 21.6 Å². The first kappa shape index (κ1) is 24.2. The van der Waals surface area contributed by atoms with Gasteiger partial charge < -0.3 is 15.0 Å². The molecule has 0 saturated carbocycles. The van der Waals surface area contributed by atoms with Crippen LogP contribution in [0.2, 0.25) is 0 Å². The van der Waals surface area contributed by atoms with Crippen LogP contribution >= 0.6 is 0 Å². The molecule has 2 N–H and O–H groups in total. The topological polar surface area (TPSA) is 87.7 Å². The number of sulfonamides is 1. The van der Waals surface area contributed by atoms with Gasteiger partial charge in [-0.3, -0.25) is 9.52 Å². The average molecular weight is 472 g/mol. The number of anilines is 1. The minimum atomic E-state index is -3.87. The van der Waals surface area contributed by atoms with E-state index in [1.165, 1.54) is 36.4 Å². The van der Waals surface area contributed by atoms with Gasteiger partial charge in [-0.25, -0.2) is 12.8 Å². The number of carbonyl (C=O) groups excluding carboxylic acids is 1. The molecule has 1 atom stereocenters. The van der Waals surface area contributed by atoms with Gasteiger partial charge in [0.2, 0.25) is 0 Å². The zero-order chi connectivity index (χ0) is 24.0. The zero-order valence-electron chi connectivity index (χ0n) is 18.6. The number of ether oxygens (including phenoxy) is 1. The number of nitrogens with one attached hydrogen (secondary N) is 2. The van der Waals surface area contributed by atoms with Gasteiger partial charge in [0, 0.05) is 23.4 Å². The van der Waals surface area contributed by atoms with Crippen molar-refractivity contribution in [3.63, 3.8) is 0 Å². The molecule has 0 aliphatic heterocycles. The fourth-order valence-electron chi connectivity index (χ4n) is 3.32. The summed E-state index contributed by atoms with van der Waals surface area (Å²) in [5, 5.41) is 2.92. The molecule has 0 heterocycles. The molecule has 9 heteroatoms. The summed E-state index contributed by atoms with van der Waals surface area (Å²) in [7, 11) is 1.58. The Hall–Kier alpha value is -3.43. The Kier molecular flexibility index (Phi) is 7.67. The highest BCUT2D eigenvalue weighted by molar-refractivity contribution is 7.92. The first-order valence-corrected chi connectivity index (χ1v) is 11.7. The number of halogens is 1. The van der Waals surface area contributed by atoms with Gasteiger partial charge in [0.25, 0.3) is 15.9 Å². The summed E-state index contributed by atoms with van der Waals surface area (Å²) in [5.74, 6) is -0.0699. The molecule has 7 nitrogen and oxygen atoms in total. The second-order valence-electron chi connectivity index (χ2n) is 7.57. The Morgan fingerprint density at radius 3 is 2.24 bits per heavy atom. The van der Waals surface area contributed by atoms with Crippen molar-refractivity contribution in [2.24, 2.45) is 0 Å². The molecule has 0 fully saturated rings. The second-order valence-corrected chi connectivity index (χ2v) is 9.25. The lowest BCUT2D eigenvalue weighted by Gasteiger charge is -2.26. The van der Waals surface area contributed by atoms with E-state index in [1.807, 2.05) is 43.3 Å². The van der Waals surface area contributed by atoms with E-state index in [9.17, 15) is 17.6 Å². The molecule has 174 valence electrons. The quantitative estimate of drug-likeness (QED) is 0.497. The number of likely N-dealkylation sites (N-methyl/N-ethyl adjacent to an activating group) is 1. The first-order chi connectivity index (χ1) is 15.7. The van der Waals surface area contributed by atoms with Crippen LogP contribution in [0, 0.1) is 5.82 Å². The van der Waals surface area contributed by atoms with Gasteiger partial charge in [-0.1, -0.05) is 18.2 Å². The average Bonchev–Trinajstić information content (AvgIpc) is 2.79. The van der Waals surface area contributed by atoms with Crippen molar-refractivity contribution in [2.45, 2.75) is 10.9 Å². The highest BCUT2D eigenvalue weighted by atomic mass is 32.2. The third kappa shape index (κ3) is 6.09. The Balaban J connectivity index is 1.66. The van der Waals surface area contributed by atoms with Crippen LogP contribution in [0.3, 0.4) is 0 Å². The summed E-state index contributed by atoms with van der Waals surface area (Å²) in [5.41, 5.74) is 1.63. The molecule has 0 bridgehead atoms. The van der Waals surface area contributed by atoms with Crippen LogP contribution < -0.4 is 14.8 Å². The Bertz CT molecular complexity index is 1200. The monoisotopic (exact) mass is 471 g/mol. The van der Waals surface area contributed by atoms with Gasteiger partial charge in [0.15, 0.2) is 0 Å². The number of para-hydroxylation sites is 1. The van der Waals surface area contributed by atoms with Gasteiger partial charge >= 0.3 is 0 Å². The van der Waals surface area contributed by atoms with E-state index >= 15 is 0 Å². The lowest BCUT2D eigenvalue weighted by Crippen LogP contribution is -2.34. The van der Waals surface area contributed by atoms with E-state index in [2.05, 4.69) is 10.0 Å². The zero-order valence-corrected chi connectivity index (χ0v) is 19.4. The van der Waals surface area contributed by atoms with Gasteiger partial charge in [0.05, 0.1) is 18.0 Å². The Morgan fingerprint density at radius 1 is 1.00 bits per heavy atom. The number of nitrogens with zero attached hydrogens (tertiary/aromatic N) is 1. The number of rotatable bonds is 9. The fraction of sp³-hybridized carbons (Fsp3) is 0.208. The van der Waals surface area contributed by atoms with E-state index in [1.54, 1.807) is 7.11 Å². The molecule has 1 unspecified atom stereocenters. The normalized spacial score (nSPS) is 12.3.